The molecule has 1 aromatic carbocycles. The van der Waals surface area contributed by atoms with E-state index in [1.54, 1.807) is 6.92 Å². The van der Waals surface area contributed by atoms with E-state index in [0.29, 0.717) is 26.0 Å². The van der Waals surface area contributed by atoms with Crippen molar-refractivity contribution >= 4 is 55.5 Å². The Morgan fingerprint density at radius 2 is 1.85 bits per heavy atom. The van der Waals surface area contributed by atoms with E-state index in [1.165, 1.54) is 22.7 Å². The van der Waals surface area contributed by atoms with Crippen LogP contribution in [0.2, 0.25) is 0 Å². The number of aromatic nitrogens is 1. The number of benzene rings is 1. The van der Waals surface area contributed by atoms with E-state index in [2.05, 4.69) is 5.32 Å². The van der Waals surface area contributed by atoms with Gasteiger partial charge in [-0.05, 0) is 50.3 Å². The molecule has 3 heterocycles. The monoisotopic (exact) mass is 491 g/mol. The third kappa shape index (κ3) is 4.19. The summed E-state index contributed by atoms with van der Waals surface area (Å²) in [4.78, 5) is 33.1. The third-order valence-electron chi connectivity index (χ3n) is 6.00. The number of ether oxygens (including phenoxy) is 1. The fraction of sp³-hybridized carbons (Fsp3) is 0.269. The van der Waals surface area contributed by atoms with Gasteiger partial charge >= 0.3 is 5.97 Å². The number of nitrogens with one attached hydrogen (secondary N) is 1. The largest absolute Gasteiger partial charge is 0.462 e. The van der Waals surface area contributed by atoms with Crippen LogP contribution in [0.1, 0.15) is 56.7 Å². The number of hydrogen-bond donors (Lipinski definition) is 2. The molecule has 1 aliphatic rings. The molecule has 8 heteroatoms. The van der Waals surface area contributed by atoms with Gasteiger partial charge in [0.05, 0.1) is 23.6 Å². The van der Waals surface area contributed by atoms with E-state index in [1.807, 2.05) is 42.5 Å². The van der Waals surface area contributed by atoms with Crippen LogP contribution < -0.4 is 11.1 Å². The van der Waals surface area contributed by atoms with Gasteiger partial charge < -0.3 is 15.8 Å². The number of esters is 1. The second-order valence-corrected chi connectivity index (χ2v) is 10.3. The smallest absolute Gasteiger partial charge is 0.341 e. The molecule has 174 valence electrons. The van der Waals surface area contributed by atoms with E-state index in [4.69, 9.17) is 15.5 Å². The van der Waals surface area contributed by atoms with Gasteiger partial charge in [0, 0.05) is 15.8 Å². The zero-order valence-corrected chi connectivity index (χ0v) is 20.5. The van der Waals surface area contributed by atoms with Crippen molar-refractivity contribution in [1.82, 2.24) is 4.98 Å². The quantitative estimate of drug-likeness (QED) is 0.252. The molecule has 1 amide bonds. The lowest BCUT2D eigenvalue weighted by atomic mass is 10.1. The number of amides is 1. The van der Waals surface area contributed by atoms with E-state index in [0.717, 1.165) is 59.2 Å². The van der Waals surface area contributed by atoms with Gasteiger partial charge in [0.1, 0.15) is 14.7 Å². The Kier molecular flexibility index (Phi) is 6.34. The maximum absolute atomic E-state index is 13.3. The lowest BCUT2D eigenvalue weighted by Crippen LogP contribution is -2.15. The van der Waals surface area contributed by atoms with Crippen molar-refractivity contribution in [2.45, 2.75) is 39.0 Å². The summed E-state index contributed by atoms with van der Waals surface area (Å²) in [5, 5.41) is 4.27. The minimum atomic E-state index is -0.379. The van der Waals surface area contributed by atoms with Crippen molar-refractivity contribution in [3.63, 3.8) is 0 Å². The van der Waals surface area contributed by atoms with Crippen LogP contribution in [0.5, 0.6) is 0 Å². The first kappa shape index (κ1) is 22.6. The molecule has 0 bridgehead atoms. The summed E-state index contributed by atoms with van der Waals surface area (Å²) in [5.74, 6) is -0.709. The molecule has 0 saturated heterocycles. The average molecular weight is 492 g/mol. The Hall–Kier alpha value is -3.23. The Morgan fingerprint density at radius 1 is 1.06 bits per heavy atom. The highest BCUT2D eigenvalue weighted by molar-refractivity contribution is 7.21. The fourth-order valence-electron chi connectivity index (χ4n) is 4.35. The molecule has 3 N–H and O–H groups in total. The number of rotatable bonds is 5. The van der Waals surface area contributed by atoms with E-state index < -0.39 is 0 Å². The van der Waals surface area contributed by atoms with Gasteiger partial charge in [0.15, 0.2) is 0 Å². The maximum atomic E-state index is 13.3. The van der Waals surface area contributed by atoms with Crippen LogP contribution in [0.3, 0.4) is 0 Å². The summed E-state index contributed by atoms with van der Waals surface area (Å²) < 4.78 is 5.33. The summed E-state index contributed by atoms with van der Waals surface area (Å²) >= 11 is 2.74. The summed E-state index contributed by atoms with van der Waals surface area (Å²) in [6.07, 6.45) is 5.00. The molecular weight excluding hydrogens is 466 g/mol. The molecule has 4 aromatic rings. The number of carbonyl (C=O) groups is 2. The van der Waals surface area contributed by atoms with Crippen molar-refractivity contribution in [1.29, 1.82) is 0 Å². The Morgan fingerprint density at radius 3 is 2.65 bits per heavy atom. The molecule has 6 nitrogen and oxygen atoms in total. The number of nitrogens with zero attached hydrogens (tertiary/aromatic N) is 1. The van der Waals surface area contributed by atoms with Crippen molar-refractivity contribution in [2.75, 3.05) is 17.7 Å². The number of carbonyl (C=O) groups excluding carboxylic acids is 2. The van der Waals surface area contributed by atoms with Crippen LogP contribution in [0.4, 0.5) is 10.7 Å². The van der Waals surface area contributed by atoms with Crippen LogP contribution >= 0.6 is 22.7 Å². The van der Waals surface area contributed by atoms with Gasteiger partial charge in [-0.15, -0.1) is 22.7 Å². The van der Waals surface area contributed by atoms with Gasteiger partial charge in [0.25, 0.3) is 5.91 Å². The molecule has 34 heavy (non-hydrogen) atoms. The molecule has 0 aliphatic heterocycles. The number of hydrogen-bond acceptors (Lipinski definition) is 7. The highest BCUT2D eigenvalue weighted by Crippen LogP contribution is 2.40. The lowest BCUT2D eigenvalue weighted by Gasteiger charge is -2.08. The van der Waals surface area contributed by atoms with Crippen LogP contribution in [0.25, 0.3) is 21.5 Å². The van der Waals surface area contributed by atoms with Crippen molar-refractivity contribution in [2.24, 2.45) is 0 Å². The van der Waals surface area contributed by atoms with E-state index >= 15 is 0 Å². The predicted octanol–water partition coefficient (Wildman–Crippen LogP) is 6.30. The van der Waals surface area contributed by atoms with Gasteiger partial charge in [-0.1, -0.05) is 36.8 Å². The van der Waals surface area contributed by atoms with Crippen LogP contribution in [0.15, 0.2) is 42.5 Å². The van der Waals surface area contributed by atoms with Crippen LogP contribution in [-0.4, -0.2) is 23.5 Å². The number of thiophene rings is 2. The number of nitrogen functional groups attached to an aromatic ring is 1. The number of aryl methyl sites for hydroxylation is 1. The second kappa shape index (κ2) is 9.56. The molecule has 0 saturated carbocycles. The topological polar surface area (TPSA) is 94.3 Å². The first-order valence-corrected chi connectivity index (χ1v) is 13.1. The molecule has 0 atom stereocenters. The van der Waals surface area contributed by atoms with Gasteiger partial charge in [-0.25, -0.2) is 9.78 Å². The summed E-state index contributed by atoms with van der Waals surface area (Å²) in [5.41, 5.74) is 10.1. The third-order valence-corrected chi connectivity index (χ3v) is 8.32. The summed E-state index contributed by atoms with van der Waals surface area (Å²) in [7, 11) is 0. The Labute approximate surface area is 205 Å². The van der Waals surface area contributed by atoms with Gasteiger partial charge in [0.2, 0.25) is 0 Å². The lowest BCUT2D eigenvalue weighted by molar-refractivity contribution is 0.0527. The number of pyridine rings is 1. The minimum Gasteiger partial charge on any atom is -0.462 e. The maximum Gasteiger partial charge on any atom is 0.341 e. The zero-order valence-electron chi connectivity index (χ0n) is 18.8. The van der Waals surface area contributed by atoms with Crippen molar-refractivity contribution in [3.05, 3.63) is 63.3 Å². The summed E-state index contributed by atoms with van der Waals surface area (Å²) in [6.45, 7) is 2.07. The first-order chi connectivity index (χ1) is 16.6. The molecule has 0 radical (unpaired) electrons. The minimum absolute atomic E-state index is 0.287. The van der Waals surface area contributed by atoms with Crippen molar-refractivity contribution in [3.8, 4) is 11.3 Å². The molecule has 0 fully saturated rings. The molecule has 3 aromatic heterocycles. The first-order valence-electron chi connectivity index (χ1n) is 11.4. The van der Waals surface area contributed by atoms with Gasteiger partial charge in [-0.3, -0.25) is 4.79 Å². The normalized spacial score (nSPS) is 13.3. The van der Waals surface area contributed by atoms with E-state index in [-0.39, 0.29) is 18.5 Å². The Balaban J connectivity index is 1.49. The van der Waals surface area contributed by atoms with Crippen LogP contribution in [-0.2, 0) is 17.6 Å². The summed E-state index contributed by atoms with van der Waals surface area (Å²) in [6, 6.07) is 13.7. The molecular formula is C26H25N3O3S2. The van der Waals surface area contributed by atoms with E-state index in [9.17, 15) is 9.59 Å². The highest BCUT2D eigenvalue weighted by atomic mass is 32.1. The second-order valence-electron chi connectivity index (χ2n) is 8.20. The average Bonchev–Trinajstić information content (AvgIpc) is 3.26. The standard InChI is InChI=1S/C26H25N3O3S2/c1-2-32-26(31)20-16-11-7-4-8-12-19(16)33-25(20)29-23(30)22-21(27)17-13-14-18(28-24(17)34-22)15-9-5-3-6-10-15/h3,5-6,9-10,13-14H,2,4,7-8,11-12,27H2,1H3,(H,29,30). The number of fused-ring (bicyclic) bond motifs is 2. The molecule has 5 rings (SSSR count). The SMILES string of the molecule is CCOC(=O)c1c(NC(=O)c2sc3nc(-c4ccccc4)ccc3c2N)sc2c1CCCCC2. The highest BCUT2D eigenvalue weighted by Gasteiger charge is 2.28. The van der Waals surface area contributed by atoms with Crippen LogP contribution in [0, 0.1) is 0 Å². The number of anilines is 2. The zero-order chi connectivity index (χ0) is 23.7. The number of nitrogens with two attached hydrogens (primary N) is 1. The fourth-order valence-corrected chi connectivity index (χ4v) is 6.61. The molecule has 0 unspecified atom stereocenters. The molecule has 0 spiro atoms. The Bertz CT molecular complexity index is 1380. The predicted molar refractivity (Wildman–Crippen MR) is 139 cm³/mol. The molecule has 1 aliphatic carbocycles. The van der Waals surface area contributed by atoms with Crippen molar-refractivity contribution < 1.29 is 14.3 Å². The van der Waals surface area contributed by atoms with Gasteiger partial charge in [-0.2, -0.15) is 0 Å².